The van der Waals surface area contributed by atoms with E-state index in [1.807, 2.05) is 29.3 Å². The molecule has 26 heavy (non-hydrogen) atoms. The number of likely N-dealkylation sites (tertiary alicyclic amines) is 1. The van der Waals surface area contributed by atoms with Gasteiger partial charge in [0.2, 0.25) is 0 Å². The summed E-state index contributed by atoms with van der Waals surface area (Å²) in [5.41, 5.74) is 0.744. The first-order chi connectivity index (χ1) is 12.7. The minimum Gasteiger partial charge on any atom is -0.465 e. The van der Waals surface area contributed by atoms with Crippen molar-refractivity contribution in [2.45, 2.75) is 17.9 Å². The van der Waals surface area contributed by atoms with Gasteiger partial charge in [-0.15, -0.1) is 11.8 Å². The van der Waals surface area contributed by atoms with Gasteiger partial charge in [-0.3, -0.25) is 4.79 Å². The van der Waals surface area contributed by atoms with E-state index in [4.69, 9.17) is 4.74 Å². The Morgan fingerprint density at radius 3 is 2.46 bits per heavy atom. The van der Waals surface area contributed by atoms with Crippen LogP contribution >= 0.6 is 11.8 Å². The second kappa shape index (κ2) is 8.85. The summed E-state index contributed by atoms with van der Waals surface area (Å²) in [5.74, 6) is 1.01. The number of piperidine rings is 1. The molecule has 0 saturated carbocycles. The zero-order valence-corrected chi connectivity index (χ0v) is 15.6. The number of aromatic nitrogens is 1. The van der Waals surface area contributed by atoms with Crippen molar-refractivity contribution in [3.05, 3.63) is 59.8 Å². The van der Waals surface area contributed by atoms with Gasteiger partial charge in [0.15, 0.2) is 0 Å². The maximum Gasteiger partial charge on any atom is 0.338 e. The molecule has 0 spiro atoms. The van der Waals surface area contributed by atoms with E-state index in [0.29, 0.717) is 30.1 Å². The first kappa shape index (κ1) is 18.5. The third-order valence-electron chi connectivity index (χ3n) is 4.57. The Morgan fingerprint density at radius 2 is 1.81 bits per heavy atom. The Kier molecular flexibility index (Phi) is 6.28. The fourth-order valence-electron chi connectivity index (χ4n) is 3.07. The average molecular weight is 370 g/mol. The van der Waals surface area contributed by atoms with E-state index in [1.54, 1.807) is 36.0 Å². The molecule has 0 aliphatic carbocycles. The summed E-state index contributed by atoms with van der Waals surface area (Å²) in [7, 11) is 1.33. The second-order valence-corrected chi connectivity index (χ2v) is 7.29. The Bertz CT molecular complexity index is 759. The summed E-state index contributed by atoms with van der Waals surface area (Å²) in [5, 5.41) is 1.04. The van der Waals surface area contributed by atoms with E-state index in [0.717, 1.165) is 23.6 Å². The van der Waals surface area contributed by atoms with Crippen LogP contribution in [0.25, 0.3) is 0 Å². The molecule has 1 aromatic heterocycles. The highest BCUT2D eigenvalue weighted by atomic mass is 32.2. The van der Waals surface area contributed by atoms with Gasteiger partial charge in [-0.1, -0.05) is 18.2 Å². The van der Waals surface area contributed by atoms with Gasteiger partial charge in [0.05, 0.1) is 23.3 Å². The minimum atomic E-state index is -0.476. The molecule has 0 radical (unpaired) electrons. The van der Waals surface area contributed by atoms with Crippen molar-refractivity contribution in [1.29, 1.82) is 0 Å². The van der Waals surface area contributed by atoms with Crippen LogP contribution in [0.3, 0.4) is 0 Å². The fraction of sp³-hybridized carbons (Fsp3) is 0.350. The number of hydrogen-bond donors (Lipinski definition) is 0. The lowest BCUT2D eigenvalue weighted by molar-refractivity contribution is 0.0585. The van der Waals surface area contributed by atoms with Gasteiger partial charge >= 0.3 is 5.97 Å². The maximum absolute atomic E-state index is 12.8. The van der Waals surface area contributed by atoms with E-state index >= 15 is 0 Å². The van der Waals surface area contributed by atoms with Crippen molar-refractivity contribution < 1.29 is 14.3 Å². The van der Waals surface area contributed by atoms with Crippen molar-refractivity contribution in [2.75, 3.05) is 26.0 Å². The zero-order valence-electron chi connectivity index (χ0n) is 14.8. The summed E-state index contributed by atoms with van der Waals surface area (Å²) >= 11 is 1.77. The summed E-state index contributed by atoms with van der Waals surface area (Å²) in [4.78, 5) is 30.9. The Balaban J connectivity index is 1.56. The van der Waals surface area contributed by atoms with Crippen LogP contribution in [0.1, 0.15) is 33.6 Å². The predicted octanol–water partition coefficient (Wildman–Crippen LogP) is 3.51. The quantitative estimate of drug-likeness (QED) is 0.595. The van der Waals surface area contributed by atoms with E-state index in [1.165, 1.54) is 7.11 Å². The van der Waals surface area contributed by atoms with E-state index in [-0.39, 0.29) is 5.91 Å². The van der Waals surface area contributed by atoms with Gasteiger partial charge in [-0.2, -0.15) is 0 Å². The third kappa shape index (κ3) is 4.43. The molecular formula is C20H22N2O3S. The highest BCUT2D eigenvalue weighted by Gasteiger charge is 2.26. The molecule has 1 saturated heterocycles. The monoisotopic (exact) mass is 370 g/mol. The number of carbonyl (C=O) groups is 2. The van der Waals surface area contributed by atoms with Crippen LogP contribution in [0.2, 0.25) is 0 Å². The van der Waals surface area contributed by atoms with Crippen molar-refractivity contribution in [2.24, 2.45) is 5.92 Å². The topological polar surface area (TPSA) is 59.5 Å². The third-order valence-corrected chi connectivity index (χ3v) is 5.74. The SMILES string of the molecule is COC(=O)c1ccccc1C(=O)N1CCC(CSc2ccccn2)CC1. The van der Waals surface area contributed by atoms with Crippen LogP contribution in [0, 0.1) is 5.92 Å². The molecule has 5 nitrogen and oxygen atoms in total. The molecule has 0 bridgehead atoms. The van der Waals surface area contributed by atoms with Gasteiger partial charge < -0.3 is 9.64 Å². The number of esters is 1. The van der Waals surface area contributed by atoms with Gasteiger partial charge in [0, 0.05) is 25.0 Å². The summed E-state index contributed by atoms with van der Waals surface area (Å²) in [6.45, 7) is 1.42. The smallest absolute Gasteiger partial charge is 0.338 e. The largest absolute Gasteiger partial charge is 0.465 e. The summed E-state index contributed by atoms with van der Waals surface area (Å²) in [6.07, 6.45) is 3.74. The molecule has 6 heteroatoms. The molecule has 2 aromatic rings. The highest BCUT2D eigenvalue weighted by Crippen LogP contribution is 2.26. The number of thioether (sulfide) groups is 1. The Hall–Kier alpha value is -2.34. The molecule has 1 aliphatic rings. The van der Waals surface area contributed by atoms with Gasteiger partial charge in [-0.25, -0.2) is 9.78 Å². The minimum absolute atomic E-state index is 0.0955. The fourth-order valence-corrected chi connectivity index (χ4v) is 4.12. The van der Waals surface area contributed by atoms with Gasteiger partial charge in [0.1, 0.15) is 0 Å². The normalized spacial score (nSPS) is 14.9. The molecule has 1 amide bonds. The van der Waals surface area contributed by atoms with Crippen LogP contribution in [0.5, 0.6) is 0 Å². The first-order valence-corrected chi connectivity index (χ1v) is 9.68. The average Bonchev–Trinajstić information content (AvgIpc) is 2.72. The van der Waals surface area contributed by atoms with Crippen LogP contribution in [-0.4, -0.2) is 47.7 Å². The first-order valence-electron chi connectivity index (χ1n) is 8.69. The maximum atomic E-state index is 12.8. The van der Waals surface area contributed by atoms with Crippen LogP contribution < -0.4 is 0 Å². The van der Waals surface area contributed by atoms with E-state index in [9.17, 15) is 9.59 Å². The molecule has 1 fully saturated rings. The van der Waals surface area contributed by atoms with E-state index < -0.39 is 5.97 Å². The highest BCUT2D eigenvalue weighted by molar-refractivity contribution is 7.99. The number of hydrogen-bond acceptors (Lipinski definition) is 5. The number of carbonyl (C=O) groups excluding carboxylic acids is 2. The summed E-state index contributed by atoms with van der Waals surface area (Å²) in [6, 6.07) is 12.8. The Labute approximate surface area is 157 Å². The molecule has 3 rings (SSSR count). The standard InChI is InChI=1S/C20H22N2O3S/c1-25-20(24)17-7-3-2-6-16(17)19(23)22-12-9-15(10-13-22)14-26-18-8-4-5-11-21-18/h2-8,11,15H,9-10,12-14H2,1H3. The number of ether oxygens (including phenoxy) is 1. The summed E-state index contributed by atoms with van der Waals surface area (Å²) < 4.78 is 4.79. The molecule has 2 heterocycles. The number of pyridine rings is 1. The molecule has 1 aliphatic heterocycles. The molecule has 0 unspecified atom stereocenters. The van der Waals surface area contributed by atoms with E-state index in [2.05, 4.69) is 4.98 Å². The lowest BCUT2D eigenvalue weighted by Gasteiger charge is -2.32. The number of rotatable bonds is 5. The van der Waals surface area contributed by atoms with Crippen molar-refractivity contribution in [3.8, 4) is 0 Å². The molecule has 136 valence electrons. The van der Waals surface area contributed by atoms with Gasteiger partial charge in [-0.05, 0) is 43.0 Å². The number of methoxy groups -OCH3 is 1. The lowest BCUT2D eigenvalue weighted by atomic mass is 9.97. The number of amides is 1. The van der Waals surface area contributed by atoms with Crippen LogP contribution in [0.4, 0.5) is 0 Å². The Morgan fingerprint density at radius 1 is 1.12 bits per heavy atom. The van der Waals surface area contributed by atoms with Crippen LogP contribution in [0.15, 0.2) is 53.7 Å². The predicted molar refractivity (Wildman–Crippen MR) is 101 cm³/mol. The van der Waals surface area contributed by atoms with Crippen molar-refractivity contribution in [1.82, 2.24) is 9.88 Å². The molecule has 0 N–H and O–H groups in total. The van der Waals surface area contributed by atoms with Crippen molar-refractivity contribution >= 4 is 23.6 Å². The zero-order chi connectivity index (χ0) is 18.4. The van der Waals surface area contributed by atoms with Crippen molar-refractivity contribution in [3.63, 3.8) is 0 Å². The second-order valence-electron chi connectivity index (χ2n) is 6.25. The number of benzene rings is 1. The molecule has 0 atom stereocenters. The molecule has 1 aromatic carbocycles. The molecular weight excluding hydrogens is 348 g/mol. The lowest BCUT2D eigenvalue weighted by Crippen LogP contribution is -2.39. The number of nitrogens with zero attached hydrogens (tertiary/aromatic N) is 2. The van der Waals surface area contributed by atoms with Gasteiger partial charge in [0.25, 0.3) is 5.91 Å². The van der Waals surface area contributed by atoms with Crippen LogP contribution in [-0.2, 0) is 4.74 Å².